The van der Waals surface area contributed by atoms with Crippen LogP contribution in [0.15, 0.2) is 0 Å². The number of carbonyl (C=O) groups is 2. The summed E-state index contributed by atoms with van der Waals surface area (Å²) in [5.74, 6) is -0.677. The average molecular weight is 279 g/mol. The van der Waals surface area contributed by atoms with Crippen LogP contribution >= 0.6 is 0 Å². The lowest BCUT2D eigenvalue weighted by Crippen LogP contribution is -2.54. The molecular formula is C14H23N4O2. The largest absolute Gasteiger partial charge is 0.369 e. The fourth-order valence-electron chi connectivity index (χ4n) is 2.15. The molecule has 0 saturated carbocycles. The summed E-state index contributed by atoms with van der Waals surface area (Å²) in [5, 5.41) is 12.6. The van der Waals surface area contributed by atoms with Crippen molar-refractivity contribution in [3.63, 3.8) is 0 Å². The van der Waals surface area contributed by atoms with Crippen molar-refractivity contribution >= 4 is 11.8 Å². The molecule has 20 heavy (non-hydrogen) atoms. The van der Waals surface area contributed by atoms with Crippen molar-refractivity contribution < 1.29 is 9.59 Å². The molecule has 0 spiro atoms. The van der Waals surface area contributed by atoms with Gasteiger partial charge in [0.25, 0.3) is 0 Å². The first kappa shape index (κ1) is 16.4. The predicted octanol–water partition coefficient (Wildman–Crippen LogP) is 0.196. The van der Waals surface area contributed by atoms with Crippen LogP contribution in [0.1, 0.15) is 33.1 Å². The van der Waals surface area contributed by atoms with Crippen molar-refractivity contribution in [1.82, 2.24) is 10.2 Å². The van der Waals surface area contributed by atoms with E-state index < -0.39 is 16.9 Å². The predicted molar refractivity (Wildman–Crippen MR) is 75.1 cm³/mol. The van der Waals surface area contributed by atoms with Crippen LogP contribution in [0.5, 0.6) is 0 Å². The lowest BCUT2D eigenvalue weighted by atomic mass is 9.85. The van der Waals surface area contributed by atoms with Gasteiger partial charge in [-0.3, -0.25) is 9.59 Å². The topological polar surface area (TPSA) is 99.2 Å². The Bertz CT molecular complexity index is 419. The van der Waals surface area contributed by atoms with Gasteiger partial charge in [0.15, 0.2) is 0 Å². The fraction of sp³-hybridized carbons (Fsp3) is 0.714. The summed E-state index contributed by atoms with van der Waals surface area (Å²) in [7, 11) is 1.64. The van der Waals surface area contributed by atoms with E-state index in [0.717, 1.165) is 13.1 Å². The Balaban J connectivity index is 2.67. The zero-order chi connectivity index (χ0) is 15.4. The van der Waals surface area contributed by atoms with Gasteiger partial charge in [-0.15, -0.1) is 0 Å². The Morgan fingerprint density at radius 3 is 2.45 bits per heavy atom. The first-order chi connectivity index (χ1) is 9.25. The molecule has 1 saturated heterocycles. The van der Waals surface area contributed by atoms with Gasteiger partial charge in [0, 0.05) is 12.5 Å². The number of piperidine rings is 1. The molecule has 1 aliphatic heterocycles. The highest BCUT2D eigenvalue weighted by Gasteiger charge is 2.39. The molecular weight excluding hydrogens is 256 g/mol. The summed E-state index contributed by atoms with van der Waals surface area (Å²) >= 11 is 0. The van der Waals surface area contributed by atoms with E-state index in [0.29, 0.717) is 12.8 Å². The molecule has 0 aliphatic carbocycles. The van der Waals surface area contributed by atoms with Crippen LogP contribution < -0.4 is 11.1 Å². The summed E-state index contributed by atoms with van der Waals surface area (Å²) in [4.78, 5) is 25.0. The van der Waals surface area contributed by atoms with Gasteiger partial charge in [0.05, 0.1) is 12.5 Å². The van der Waals surface area contributed by atoms with Gasteiger partial charge >= 0.3 is 0 Å². The number of rotatable bonds is 5. The number of amides is 2. The molecule has 0 atom stereocenters. The molecule has 1 heterocycles. The number of hydrogen-bond acceptors (Lipinski definition) is 4. The normalized spacial score (nSPS) is 18.1. The van der Waals surface area contributed by atoms with Crippen LogP contribution in [0.4, 0.5) is 0 Å². The van der Waals surface area contributed by atoms with E-state index >= 15 is 0 Å². The molecule has 3 N–H and O–H groups in total. The number of nitrogens with one attached hydrogen (secondary N) is 1. The average Bonchev–Trinajstić information content (AvgIpc) is 2.44. The van der Waals surface area contributed by atoms with Crippen molar-refractivity contribution in [2.75, 3.05) is 20.1 Å². The molecule has 0 unspecified atom stereocenters. The van der Waals surface area contributed by atoms with Crippen molar-refractivity contribution in [1.29, 1.82) is 5.26 Å². The fourth-order valence-corrected chi connectivity index (χ4v) is 2.15. The number of nitriles is 1. The van der Waals surface area contributed by atoms with Gasteiger partial charge in [-0.05, 0) is 32.4 Å². The molecule has 0 aromatic carbocycles. The highest BCUT2D eigenvalue weighted by Crippen LogP contribution is 2.27. The third-order valence-electron chi connectivity index (χ3n) is 4.07. The summed E-state index contributed by atoms with van der Waals surface area (Å²) in [6.45, 7) is 4.84. The number of primary amides is 1. The monoisotopic (exact) mass is 279 g/mol. The highest BCUT2D eigenvalue weighted by atomic mass is 16.2. The summed E-state index contributed by atoms with van der Waals surface area (Å²) < 4.78 is 0. The Morgan fingerprint density at radius 2 is 2.00 bits per heavy atom. The SMILES string of the molecule is CN(C(=O)[CH]CC(C)(C)C(N)=O)C1(C#N)CCNCC1. The van der Waals surface area contributed by atoms with Gasteiger partial charge in [0.1, 0.15) is 5.54 Å². The molecule has 2 amide bonds. The molecule has 0 bridgehead atoms. The van der Waals surface area contributed by atoms with Crippen LogP contribution in [0.25, 0.3) is 0 Å². The molecule has 0 aromatic heterocycles. The number of nitrogens with two attached hydrogens (primary N) is 1. The van der Waals surface area contributed by atoms with Crippen LogP contribution in [0.3, 0.4) is 0 Å². The van der Waals surface area contributed by atoms with Gasteiger partial charge in [-0.1, -0.05) is 13.8 Å². The number of nitrogens with zero attached hydrogens (tertiary/aromatic N) is 2. The second kappa shape index (κ2) is 6.23. The maximum Gasteiger partial charge on any atom is 0.227 e. The number of hydrogen-bond donors (Lipinski definition) is 2. The molecule has 6 nitrogen and oxygen atoms in total. The smallest absolute Gasteiger partial charge is 0.227 e. The maximum absolute atomic E-state index is 12.2. The Labute approximate surface area is 120 Å². The second-order valence-electron chi connectivity index (χ2n) is 5.95. The van der Waals surface area contributed by atoms with E-state index in [1.807, 2.05) is 0 Å². The Kier molecular flexibility index (Phi) is 5.12. The van der Waals surface area contributed by atoms with Crippen molar-refractivity contribution in [2.24, 2.45) is 11.1 Å². The lowest BCUT2D eigenvalue weighted by Gasteiger charge is -2.39. The van der Waals surface area contributed by atoms with Gasteiger partial charge < -0.3 is 16.0 Å². The first-order valence-corrected chi connectivity index (χ1v) is 6.78. The van der Waals surface area contributed by atoms with E-state index in [4.69, 9.17) is 5.73 Å². The van der Waals surface area contributed by atoms with Crippen LogP contribution in [-0.4, -0.2) is 42.4 Å². The van der Waals surface area contributed by atoms with Crippen LogP contribution in [0.2, 0.25) is 0 Å². The molecule has 6 heteroatoms. The quantitative estimate of drug-likeness (QED) is 0.750. The minimum atomic E-state index is -0.759. The van der Waals surface area contributed by atoms with Gasteiger partial charge in [-0.25, -0.2) is 0 Å². The summed E-state index contributed by atoms with van der Waals surface area (Å²) in [6.07, 6.45) is 2.94. The van der Waals surface area contributed by atoms with E-state index in [9.17, 15) is 14.9 Å². The Hall–Kier alpha value is -1.61. The zero-order valence-electron chi connectivity index (χ0n) is 12.4. The van der Waals surface area contributed by atoms with Crippen molar-refractivity contribution in [3.05, 3.63) is 6.42 Å². The van der Waals surface area contributed by atoms with E-state index in [2.05, 4.69) is 11.4 Å². The van der Waals surface area contributed by atoms with Crippen LogP contribution in [-0.2, 0) is 9.59 Å². The molecule has 111 valence electrons. The highest BCUT2D eigenvalue weighted by molar-refractivity contribution is 5.87. The van der Waals surface area contributed by atoms with E-state index in [1.54, 1.807) is 20.9 Å². The second-order valence-corrected chi connectivity index (χ2v) is 5.95. The molecule has 0 aromatic rings. The van der Waals surface area contributed by atoms with Crippen molar-refractivity contribution in [3.8, 4) is 6.07 Å². The third-order valence-corrected chi connectivity index (χ3v) is 4.07. The maximum atomic E-state index is 12.2. The van der Waals surface area contributed by atoms with E-state index in [1.165, 1.54) is 11.3 Å². The standard InChI is InChI=1S/C14H23N4O2/c1-13(2,12(16)20)5-4-11(19)18(3)14(10-15)6-8-17-9-7-14/h4,17H,5-9H2,1-3H3,(H2,16,20). The van der Waals surface area contributed by atoms with Crippen LogP contribution in [0, 0.1) is 23.2 Å². The number of carbonyl (C=O) groups excluding carboxylic acids is 2. The van der Waals surface area contributed by atoms with E-state index in [-0.39, 0.29) is 12.3 Å². The Morgan fingerprint density at radius 1 is 1.45 bits per heavy atom. The van der Waals surface area contributed by atoms with Gasteiger partial charge in [0.2, 0.25) is 11.8 Å². The molecule has 1 radical (unpaired) electrons. The molecule has 1 aliphatic rings. The minimum Gasteiger partial charge on any atom is -0.369 e. The zero-order valence-corrected chi connectivity index (χ0v) is 12.4. The van der Waals surface area contributed by atoms with Gasteiger partial charge in [-0.2, -0.15) is 5.26 Å². The minimum absolute atomic E-state index is 0.234. The molecule has 1 fully saturated rings. The third kappa shape index (κ3) is 3.48. The summed E-state index contributed by atoms with van der Waals surface area (Å²) in [5.41, 5.74) is 3.77. The van der Waals surface area contributed by atoms with Crippen molar-refractivity contribution in [2.45, 2.75) is 38.6 Å². The summed E-state index contributed by atoms with van der Waals surface area (Å²) in [6, 6.07) is 2.27. The molecule has 1 rings (SSSR count). The lowest BCUT2D eigenvalue weighted by molar-refractivity contribution is -0.131. The first-order valence-electron chi connectivity index (χ1n) is 6.78.